The molecule has 0 amide bonds. The first kappa shape index (κ1) is 15.6. The SMILES string of the molecule is COC(=O)C(=O)CC(=O)c1cn(Cc2ccc(F)cc2)cn1. The number of carbonyl (C=O) groups is 3. The van der Waals surface area contributed by atoms with Crippen LogP contribution in [0.25, 0.3) is 0 Å². The Morgan fingerprint density at radius 1 is 1.23 bits per heavy atom. The molecule has 0 fully saturated rings. The minimum absolute atomic E-state index is 0.0827. The van der Waals surface area contributed by atoms with Crippen molar-refractivity contribution in [3.8, 4) is 0 Å². The van der Waals surface area contributed by atoms with Crippen LogP contribution < -0.4 is 0 Å². The number of ether oxygens (including phenoxy) is 1. The summed E-state index contributed by atoms with van der Waals surface area (Å²) in [5.41, 5.74) is 0.919. The summed E-state index contributed by atoms with van der Waals surface area (Å²) in [4.78, 5) is 38.0. The summed E-state index contributed by atoms with van der Waals surface area (Å²) in [6.07, 6.45) is 2.32. The van der Waals surface area contributed by atoms with Gasteiger partial charge in [0.1, 0.15) is 11.5 Å². The minimum atomic E-state index is -1.06. The number of ketones is 2. The number of carbonyl (C=O) groups excluding carboxylic acids is 3. The number of hydrogen-bond donors (Lipinski definition) is 0. The van der Waals surface area contributed by atoms with E-state index in [2.05, 4.69) is 9.72 Å². The molecule has 0 unspecified atom stereocenters. The van der Waals surface area contributed by atoms with E-state index in [0.29, 0.717) is 6.54 Å². The molecular formula is C15H13FN2O4. The number of imidazole rings is 1. The van der Waals surface area contributed by atoms with Crippen molar-refractivity contribution >= 4 is 17.5 Å². The predicted octanol–water partition coefficient (Wildman–Crippen LogP) is 1.39. The molecular weight excluding hydrogens is 291 g/mol. The zero-order valence-corrected chi connectivity index (χ0v) is 11.8. The molecule has 0 aliphatic heterocycles. The lowest BCUT2D eigenvalue weighted by Crippen LogP contribution is -2.19. The third kappa shape index (κ3) is 3.85. The van der Waals surface area contributed by atoms with Crippen molar-refractivity contribution in [1.82, 2.24) is 9.55 Å². The molecule has 0 spiro atoms. The zero-order valence-electron chi connectivity index (χ0n) is 11.8. The highest BCUT2D eigenvalue weighted by Crippen LogP contribution is 2.07. The van der Waals surface area contributed by atoms with Gasteiger partial charge in [0.15, 0.2) is 5.78 Å². The summed E-state index contributed by atoms with van der Waals surface area (Å²) in [7, 11) is 1.07. The van der Waals surface area contributed by atoms with Gasteiger partial charge in [-0.25, -0.2) is 14.2 Å². The van der Waals surface area contributed by atoms with Crippen LogP contribution in [-0.2, 0) is 20.9 Å². The maximum Gasteiger partial charge on any atom is 0.374 e. The van der Waals surface area contributed by atoms with Crippen LogP contribution in [0.4, 0.5) is 4.39 Å². The fourth-order valence-electron chi connectivity index (χ4n) is 1.81. The zero-order chi connectivity index (χ0) is 16.1. The fourth-order valence-corrected chi connectivity index (χ4v) is 1.81. The Balaban J connectivity index is 2.01. The van der Waals surface area contributed by atoms with Gasteiger partial charge in [0, 0.05) is 12.7 Å². The molecule has 6 nitrogen and oxygen atoms in total. The topological polar surface area (TPSA) is 78.3 Å². The first-order valence-corrected chi connectivity index (χ1v) is 6.40. The molecule has 114 valence electrons. The third-order valence-electron chi connectivity index (χ3n) is 2.93. The molecule has 0 radical (unpaired) electrons. The summed E-state index contributed by atoms with van der Waals surface area (Å²) in [5, 5.41) is 0. The number of halogens is 1. The van der Waals surface area contributed by atoms with Gasteiger partial charge in [-0.15, -0.1) is 0 Å². The Labute approximate surface area is 125 Å². The van der Waals surface area contributed by atoms with E-state index in [9.17, 15) is 18.8 Å². The van der Waals surface area contributed by atoms with Crippen molar-refractivity contribution in [3.63, 3.8) is 0 Å². The number of nitrogens with zero attached hydrogens (tertiary/aromatic N) is 2. The molecule has 0 aliphatic carbocycles. The number of methoxy groups -OCH3 is 1. The monoisotopic (exact) mass is 304 g/mol. The fraction of sp³-hybridized carbons (Fsp3) is 0.200. The summed E-state index contributed by atoms with van der Waals surface area (Å²) < 4.78 is 18.7. The largest absolute Gasteiger partial charge is 0.463 e. The van der Waals surface area contributed by atoms with Crippen molar-refractivity contribution in [2.24, 2.45) is 0 Å². The summed E-state index contributed by atoms with van der Waals surface area (Å²) in [6, 6.07) is 5.93. The van der Waals surface area contributed by atoms with Crippen molar-refractivity contribution in [2.75, 3.05) is 7.11 Å². The Kier molecular flexibility index (Phi) is 4.77. The summed E-state index contributed by atoms with van der Waals surface area (Å²) in [6.45, 7) is 0.408. The molecule has 0 N–H and O–H groups in total. The molecule has 0 saturated heterocycles. The first-order chi connectivity index (χ1) is 10.5. The van der Waals surface area contributed by atoms with Gasteiger partial charge in [0.2, 0.25) is 5.78 Å². The highest BCUT2D eigenvalue weighted by atomic mass is 19.1. The van der Waals surface area contributed by atoms with Crippen molar-refractivity contribution < 1.29 is 23.5 Å². The highest BCUT2D eigenvalue weighted by molar-refractivity contribution is 6.37. The van der Waals surface area contributed by atoms with Gasteiger partial charge in [0.25, 0.3) is 0 Å². The van der Waals surface area contributed by atoms with E-state index in [-0.39, 0.29) is 11.5 Å². The Bertz CT molecular complexity index is 707. The van der Waals surface area contributed by atoms with Crippen molar-refractivity contribution in [2.45, 2.75) is 13.0 Å². The van der Waals surface area contributed by atoms with Gasteiger partial charge in [-0.05, 0) is 17.7 Å². The molecule has 1 heterocycles. The maximum absolute atomic E-state index is 12.8. The average molecular weight is 304 g/mol. The van der Waals surface area contributed by atoms with Gasteiger partial charge in [-0.1, -0.05) is 12.1 Å². The molecule has 1 aromatic heterocycles. The lowest BCUT2D eigenvalue weighted by Gasteiger charge is -2.01. The number of esters is 1. The predicted molar refractivity (Wildman–Crippen MR) is 73.7 cm³/mol. The number of hydrogen-bond acceptors (Lipinski definition) is 5. The number of Topliss-reactive ketones (excluding diaryl/α,β-unsaturated/α-hetero) is 2. The van der Waals surface area contributed by atoms with Gasteiger partial charge < -0.3 is 9.30 Å². The normalized spacial score (nSPS) is 10.3. The quantitative estimate of drug-likeness (QED) is 0.349. The Hall–Kier alpha value is -2.83. The number of benzene rings is 1. The Morgan fingerprint density at radius 3 is 2.55 bits per heavy atom. The lowest BCUT2D eigenvalue weighted by atomic mass is 10.1. The molecule has 1 aromatic carbocycles. The standard InChI is InChI=1S/C15H13FN2O4/c1-22-15(21)14(20)6-13(19)12-8-18(9-17-12)7-10-2-4-11(16)5-3-10/h2-5,8-9H,6-7H2,1H3. The second-order valence-electron chi connectivity index (χ2n) is 4.57. The van der Waals surface area contributed by atoms with Gasteiger partial charge in [-0.3, -0.25) is 9.59 Å². The first-order valence-electron chi connectivity index (χ1n) is 6.40. The second-order valence-corrected chi connectivity index (χ2v) is 4.57. The summed E-state index contributed by atoms with van der Waals surface area (Å²) in [5.74, 6) is -2.86. The van der Waals surface area contributed by atoms with Crippen LogP contribution in [0, 0.1) is 5.82 Å². The van der Waals surface area contributed by atoms with Crippen molar-refractivity contribution in [1.29, 1.82) is 0 Å². The van der Waals surface area contributed by atoms with Crippen molar-refractivity contribution in [3.05, 3.63) is 53.9 Å². The molecule has 2 rings (SSSR count). The van der Waals surface area contributed by atoms with E-state index in [1.165, 1.54) is 24.7 Å². The van der Waals surface area contributed by atoms with E-state index in [1.807, 2.05) is 0 Å². The average Bonchev–Trinajstić information content (AvgIpc) is 2.97. The van der Waals surface area contributed by atoms with Gasteiger partial charge >= 0.3 is 5.97 Å². The highest BCUT2D eigenvalue weighted by Gasteiger charge is 2.20. The van der Waals surface area contributed by atoms with E-state index < -0.39 is 24.0 Å². The van der Waals surface area contributed by atoms with Crippen LogP contribution in [-0.4, -0.2) is 34.2 Å². The lowest BCUT2D eigenvalue weighted by molar-refractivity contribution is -0.151. The molecule has 0 bridgehead atoms. The smallest absolute Gasteiger partial charge is 0.374 e. The van der Waals surface area contributed by atoms with E-state index >= 15 is 0 Å². The Morgan fingerprint density at radius 2 is 1.91 bits per heavy atom. The van der Waals surface area contributed by atoms with E-state index in [4.69, 9.17) is 0 Å². The van der Waals surface area contributed by atoms with Crippen LogP contribution in [0.1, 0.15) is 22.5 Å². The van der Waals surface area contributed by atoms with E-state index in [1.54, 1.807) is 16.7 Å². The third-order valence-corrected chi connectivity index (χ3v) is 2.93. The molecule has 22 heavy (non-hydrogen) atoms. The maximum atomic E-state index is 12.8. The number of rotatable bonds is 6. The van der Waals surface area contributed by atoms with Gasteiger partial charge in [0.05, 0.1) is 19.9 Å². The van der Waals surface area contributed by atoms with Crippen LogP contribution in [0.15, 0.2) is 36.8 Å². The summed E-state index contributed by atoms with van der Waals surface area (Å²) >= 11 is 0. The second kappa shape index (κ2) is 6.75. The minimum Gasteiger partial charge on any atom is -0.463 e. The molecule has 2 aromatic rings. The van der Waals surface area contributed by atoms with Crippen LogP contribution in [0.2, 0.25) is 0 Å². The number of aromatic nitrogens is 2. The van der Waals surface area contributed by atoms with Gasteiger partial charge in [-0.2, -0.15) is 0 Å². The van der Waals surface area contributed by atoms with Crippen LogP contribution in [0.3, 0.4) is 0 Å². The molecule has 0 atom stereocenters. The molecule has 0 saturated carbocycles. The molecule has 7 heteroatoms. The molecule has 0 aliphatic rings. The van der Waals surface area contributed by atoms with Crippen LogP contribution in [0.5, 0.6) is 0 Å². The van der Waals surface area contributed by atoms with Crippen LogP contribution >= 0.6 is 0 Å². The van der Waals surface area contributed by atoms with E-state index in [0.717, 1.165) is 12.7 Å².